The summed E-state index contributed by atoms with van der Waals surface area (Å²) in [7, 11) is -1.69. The number of sulfonamides is 1. The van der Waals surface area contributed by atoms with Gasteiger partial charge >= 0.3 is 0 Å². The minimum atomic E-state index is -3.42. The quantitative estimate of drug-likeness (QED) is 0.892. The first-order chi connectivity index (χ1) is 9.45. The van der Waals surface area contributed by atoms with Gasteiger partial charge in [0.15, 0.2) is 0 Å². The van der Waals surface area contributed by atoms with Crippen molar-refractivity contribution in [3.8, 4) is 0 Å². The molecule has 0 saturated carbocycles. The average molecular weight is 298 g/mol. The zero-order valence-corrected chi connectivity index (χ0v) is 13.0. The van der Waals surface area contributed by atoms with E-state index in [9.17, 15) is 8.42 Å². The van der Waals surface area contributed by atoms with Crippen molar-refractivity contribution in [3.63, 3.8) is 0 Å². The van der Waals surface area contributed by atoms with E-state index in [1.807, 2.05) is 0 Å². The van der Waals surface area contributed by atoms with E-state index in [1.54, 1.807) is 23.5 Å². The molecule has 1 aromatic rings. The highest BCUT2D eigenvalue weighted by atomic mass is 32.2. The largest absolute Gasteiger partial charge is 0.373 e. The van der Waals surface area contributed by atoms with Gasteiger partial charge in [0.05, 0.1) is 4.90 Å². The van der Waals surface area contributed by atoms with Gasteiger partial charge in [0.1, 0.15) is 5.82 Å². The van der Waals surface area contributed by atoms with Gasteiger partial charge in [0.2, 0.25) is 10.0 Å². The van der Waals surface area contributed by atoms with Crippen LogP contribution in [0.25, 0.3) is 0 Å². The van der Waals surface area contributed by atoms with Crippen LogP contribution in [-0.4, -0.2) is 61.9 Å². The summed E-state index contributed by atoms with van der Waals surface area (Å²) < 4.78 is 26.7. The second-order valence-electron chi connectivity index (χ2n) is 5.16. The predicted octanol–water partition coefficient (Wildman–Crippen LogP) is 0.838. The number of piperazine rings is 1. The summed E-state index contributed by atoms with van der Waals surface area (Å²) in [4.78, 5) is 6.64. The van der Waals surface area contributed by atoms with Gasteiger partial charge in [-0.3, -0.25) is 4.90 Å². The molecule has 112 valence electrons. The molecule has 0 radical (unpaired) electrons. The van der Waals surface area contributed by atoms with Crippen LogP contribution in [-0.2, 0) is 10.0 Å². The van der Waals surface area contributed by atoms with Crippen molar-refractivity contribution in [2.24, 2.45) is 0 Å². The van der Waals surface area contributed by atoms with Gasteiger partial charge in [0.25, 0.3) is 0 Å². The van der Waals surface area contributed by atoms with Crippen LogP contribution in [0.1, 0.15) is 13.8 Å². The van der Waals surface area contributed by atoms with E-state index in [1.165, 1.54) is 6.20 Å². The molecule has 1 N–H and O–H groups in total. The van der Waals surface area contributed by atoms with Crippen LogP contribution in [0.2, 0.25) is 0 Å². The zero-order chi connectivity index (χ0) is 14.8. The lowest BCUT2D eigenvalue weighted by Crippen LogP contribution is -2.50. The van der Waals surface area contributed by atoms with Crippen molar-refractivity contribution in [1.29, 1.82) is 0 Å². The molecule has 20 heavy (non-hydrogen) atoms. The minimum absolute atomic E-state index is 0.301. The summed E-state index contributed by atoms with van der Waals surface area (Å²) in [5.74, 6) is 0.562. The smallest absolute Gasteiger partial charge is 0.243 e. The Bertz CT molecular complexity index is 551. The summed E-state index contributed by atoms with van der Waals surface area (Å²) in [5.41, 5.74) is 0. The molecular weight excluding hydrogens is 276 g/mol. The summed E-state index contributed by atoms with van der Waals surface area (Å²) in [6, 6.07) is 3.58. The Morgan fingerprint density at radius 3 is 2.45 bits per heavy atom. The number of anilines is 1. The third kappa shape index (κ3) is 3.11. The highest BCUT2D eigenvalue weighted by molar-refractivity contribution is 7.89. The van der Waals surface area contributed by atoms with Gasteiger partial charge in [-0.1, -0.05) is 0 Å². The maximum absolute atomic E-state index is 12.6. The SMILES string of the molecule is CNc1cc(S(=O)(=O)N2CCN(C(C)C)CC2)ccn1. The van der Waals surface area contributed by atoms with Gasteiger partial charge in [-0.05, 0) is 19.9 Å². The third-order valence-corrected chi connectivity index (χ3v) is 5.52. The molecule has 1 aliphatic heterocycles. The molecule has 7 heteroatoms. The number of nitrogens with zero attached hydrogens (tertiary/aromatic N) is 3. The van der Waals surface area contributed by atoms with E-state index in [0.29, 0.717) is 29.8 Å². The van der Waals surface area contributed by atoms with Gasteiger partial charge in [0, 0.05) is 51.5 Å². The lowest BCUT2D eigenvalue weighted by Gasteiger charge is -2.36. The molecule has 0 bridgehead atoms. The Morgan fingerprint density at radius 2 is 1.90 bits per heavy atom. The standard InChI is InChI=1S/C13H22N4O2S/c1-11(2)16-6-8-17(9-7-16)20(18,19)12-4-5-15-13(10-12)14-3/h4-5,10-11H,6-9H2,1-3H3,(H,14,15). The van der Waals surface area contributed by atoms with E-state index in [2.05, 4.69) is 29.0 Å². The maximum Gasteiger partial charge on any atom is 0.243 e. The highest BCUT2D eigenvalue weighted by Crippen LogP contribution is 2.19. The molecule has 0 aromatic carbocycles. The van der Waals surface area contributed by atoms with Gasteiger partial charge in [-0.2, -0.15) is 4.31 Å². The fourth-order valence-electron chi connectivity index (χ4n) is 2.32. The summed E-state index contributed by atoms with van der Waals surface area (Å²) in [6.45, 7) is 6.90. The van der Waals surface area contributed by atoms with Crippen molar-refractivity contribution in [2.75, 3.05) is 38.5 Å². The van der Waals surface area contributed by atoms with Crippen molar-refractivity contribution < 1.29 is 8.42 Å². The van der Waals surface area contributed by atoms with Crippen molar-refractivity contribution >= 4 is 15.8 Å². The van der Waals surface area contributed by atoms with Crippen molar-refractivity contribution in [2.45, 2.75) is 24.8 Å². The first-order valence-corrected chi connectivity index (χ1v) is 8.27. The molecule has 2 heterocycles. The van der Waals surface area contributed by atoms with E-state index in [-0.39, 0.29) is 0 Å². The summed E-state index contributed by atoms with van der Waals surface area (Å²) >= 11 is 0. The molecule has 0 amide bonds. The van der Waals surface area contributed by atoms with E-state index in [4.69, 9.17) is 0 Å². The minimum Gasteiger partial charge on any atom is -0.373 e. The predicted molar refractivity (Wildman–Crippen MR) is 79.3 cm³/mol. The molecule has 0 aliphatic carbocycles. The number of hydrogen-bond donors (Lipinski definition) is 1. The summed E-state index contributed by atoms with van der Waals surface area (Å²) in [6.07, 6.45) is 1.52. The topological polar surface area (TPSA) is 65.5 Å². The van der Waals surface area contributed by atoms with Gasteiger partial charge < -0.3 is 5.32 Å². The Morgan fingerprint density at radius 1 is 1.25 bits per heavy atom. The molecular formula is C13H22N4O2S. The lowest BCUT2D eigenvalue weighted by molar-refractivity contribution is 0.154. The first kappa shape index (κ1) is 15.2. The zero-order valence-electron chi connectivity index (χ0n) is 12.2. The number of nitrogens with one attached hydrogen (secondary N) is 1. The van der Waals surface area contributed by atoms with Crippen LogP contribution in [0, 0.1) is 0 Å². The number of rotatable bonds is 4. The van der Waals surface area contributed by atoms with Crippen LogP contribution in [0.4, 0.5) is 5.82 Å². The molecule has 1 saturated heterocycles. The molecule has 0 atom stereocenters. The van der Waals surface area contributed by atoms with Gasteiger partial charge in [-0.25, -0.2) is 13.4 Å². The average Bonchev–Trinajstić information content (AvgIpc) is 2.47. The van der Waals surface area contributed by atoms with E-state index in [0.717, 1.165) is 13.1 Å². The Kier molecular flexibility index (Phi) is 4.62. The second kappa shape index (κ2) is 6.07. The number of aromatic nitrogens is 1. The number of hydrogen-bond acceptors (Lipinski definition) is 5. The first-order valence-electron chi connectivity index (χ1n) is 6.83. The lowest BCUT2D eigenvalue weighted by atomic mass is 10.3. The monoisotopic (exact) mass is 298 g/mol. The second-order valence-corrected chi connectivity index (χ2v) is 7.10. The summed E-state index contributed by atoms with van der Waals surface area (Å²) in [5, 5.41) is 2.86. The molecule has 2 rings (SSSR count). The van der Waals surface area contributed by atoms with Crippen molar-refractivity contribution in [1.82, 2.24) is 14.2 Å². The van der Waals surface area contributed by atoms with E-state index < -0.39 is 10.0 Å². The third-order valence-electron chi connectivity index (χ3n) is 3.63. The van der Waals surface area contributed by atoms with Crippen LogP contribution < -0.4 is 5.32 Å². The molecule has 1 aliphatic rings. The normalized spacial score (nSPS) is 18.4. The Labute approximate surface area is 120 Å². The maximum atomic E-state index is 12.6. The highest BCUT2D eigenvalue weighted by Gasteiger charge is 2.29. The van der Waals surface area contributed by atoms with Crippen molar-refractivity contribution in [3.05, 3.63) is 18.3 Å². The fourth-order valence-corrected chi connectivity index (χ4v) is 3.75. The van der Waals surface area contributed by atoms with Crippen LogP contribution in [0.3, 0.4) is 0 Å². The molecule has 6 nitrogen and oxygen atoms in total. The van der Waals surface area contributed by atoms with Crippen LogP contribution in [0.15, 0.2) is 23.2 Å². The Balaban J connectivity index is 2.15. The molecule has 0 spiro atoms. The van der Waals surface area contributed by atoms with E-state index >= 15 is 0 Å². The van der Waals surface area contributed by atoms with Crippen LogP contribution in [0.5, 0.6) is 0 Å². The Hall–Kier alpha value is -1.18. The number of pyridine rings is 1. The fraction of sp³-hybridized carbons (Fsp3) is 0.615. The molecule has 1 aromatic heterocycles. The van der Waals surface area contributed by atoms with Crippen LogP contribution >= 0.6 is 0 Å². The molecule has 0 unspecified atom stereocenters. The van der Waals surface area contributed by atoms with Gasteiger partial charge in [-0.15, -0.1) is 0 Å². The molecule has 1 fully saturated rings.